The van der Waals surface area contributed by atoms with Crippen LogP contribution in [-0.2, 0) is 30.9 Å². The van der Waals surface area contributed by atoms with Crippen LogP contribution >= 0.6 is 22.7 Å². The topological polar surface area (TPSA) is 141 Å². The molecule has 1 unspecified atom stereocenters. The van der Waals surface area contributed by atoms with Crippen molar-refractivity contribution in [3.05, 3.63) is 50.6 Å². The Bertz CT molecular complexity index is 1410. The van der Waals surface area contributed by atoms with Crippen molar-refractivity contribution in [3.63, 3.8) is 0 Å². The van der Waals surface area contributed by atoms with E-state index in [0.717, 1.165) is 27.0 Å². The molecule has 4 rings (SSSR count). The van der Waals surface area contributed by atoms with Crippen molar-refractivity contribution in [1.82, 2.24) is 8.87 Å². The summed E-state index contributed by atoms with van der Waals surface area (Å²) in [7, 11) is -2.63. The maximum Gasteiger partial charge on any atom is 0.325 e. The Morgan fingerprint density at radius 1 is 1.33 bits per heavy atom. The predicted octanol–water partition coefficient (Wildman–Crippen LogP) is 2.13. The number of esters is 1. The first-order chi connectivity index (χ1) is 15.7. The van der Waals surface area contributed by atoms with Gasteiger partial charge in [-0.15, -0.1) is 11.3 Å². The Morgan fingerprint density at radius 3 is 2.79 bits per heavy atom. The first kappa shape index (κ1) is 23.2. The lowest BCUT2D eigenvalue weighted by atomic mass is 10.2. The van der Waals surface area contributed by atoms with E-state index < -0.39 is 32.9 Å². The van der Waals surface area contributed by atoms with Crippen LogP contribution in [0.3, 0.4) is 0 Å². The summed E-state index contributed by atoms with van der Waals surface area (Å²) in [4.78, 5) is 40.0. The van der Waals surface area contributed by atoms with Crippen LogP contribution in [0.4, 0.5) is 5.69 Å². The molecule has 174 valence electrons. The van der Waals surface area contributed by atoms with Gasteiger partial charge in [-0.2, -0.15) is 9.30 Å². The summed E-state index contributed by atoms with van der Waals surface area (Å²) in [5.41, 5.74) is 0.168. The molecule has 14 heteroatoms. The van der Waals surface area contributed by atoms with Crippen molar-refractivity contribution < 1.29 is 27.7 Å². The van der Waals surface area contributed by atoms with E-state index >= 15 is 0 Å². The molecule has 2 aromatic heterocycles. The Kier molecular flexibility index (Phi) is 6.43. The molecule has 0 radical (unpaired) electrons. The van der Waals surface area contributed by atoms with Gasteiger partial charge < -0.3 is 9.30 Å². The van der Waals surface area contributed by atoms with E-state index in [0.29, 0.717) is 23.1 Å². The Hall–Kier alpha value is -2.94. The molecule has 1 atom stereocenters. The van der Waals surface area contributed by atoms with E-state index in [1.54, 1.807) is 11.4 Å². The number of hydrogen-bond acceptors (Lipinski definition) is 9. The Balaban J connectivity index is 1.77. The summed E-state index contributed by atoms with van der Waals surface area (Å²) in [6, 6.07) is 6.27. The van der Waals surface area contributed by atoms with Crippen LogP contribution in [0, 0.1) is 10.1 Å². The monoisotopic (exact) mass is 510 g/mol. The number of carbonyl (C=O) groups is 2. The zero-order valence-electron chi connectivity index (χ0n) is 17.2. The van der Waals surface area contributed by atoms with Crippen LogP contribution in [0.5, 0.6) is 0 Å². The van der Waals surface area contributed by atoms with Gasteiger partial charge in [0.15, 0.2) is 4.80 Å². The van der Waals surface area contributed by atoms with Crippen molar-refractivity contribution in [1.29, 1.82) is 0 Å². The number of non-ortho nitro benzene ring substituents is 1. The SMILES string of the molecule is COC(=O)Cn1c(=NC(=O)C2CCCN2S(=O)(=O)c2cccs2)sc2ccc([N+](=O)[O-])cc21. The van der Waals surface area contributed by atoms with E-state index in [1.165, 1.54) is 35.9 Å². The summed E-state index contributed by atoms with van der Waals surface area (Å²) in [5, 5.41) is 12.8. The number of nitro groups is 1. The summed E-state index contributed by atoms with van der Waals surface area (Å²) in [5.74, 6) is -1.29. The molecule has 0 saturated carbocycles. The number of nitrogens with zero attached hydrogens (tertiary/aromatic N) is 4. The summed E-state index contributed by atoms with van der Waals surface area (Å²) in [6.45, 7) is -0.113. The van der Waals surface area contributed by atoms with Gasteiger partial charge in [-0.1, -0.05) is 17.4 Å². The molecule has 3 aromatic rings. The lowest BCUT2D eigenvalue weighted by molar-refractivity contribution is -0.384. The third-order valence-corrected chi connectivity index (χ3v) is 9.48. The molecule has 3 heterocycles. The minimum Gasteiger partial charge on any atom is -0.468 e. The lowest BCUT2D eigenvalue weighted by Gasteiger charge is -2.20. The number of hydrogen-bond donors (Lipinski definition) is 0. The quantitative estimate of drug-likeness (QED) is 0.281. The normalized spacial score (nSPS) is 17.5. The number of aromatic nitrogens is 1. The van der Waals surface area contributed by atoms with Crippen molar-refractivity contribution in [2.24, 2.45) is 4.99 Å². The second kappa shape index (κ2) is 9.13. The fourth-order valence-electron chi connectivity index (χ4n) is 3.57. The largest absolute Gasteiger partial charge is 0.468 e. The van der Waals surface area contributed by atoms with Crippen molar-refractivity contribution in [3.8, 4) is 0 Å². The molecular formula is C19H18N4O7S3. The van der Waals surface area contributed by atoms with Gasteiger partial charge in [-0.25, -0.2) is 8.42 Å². The minimum absolute atomic E-state index is 0.126. The second-order valence-corrected chi connectivity index (χ2v) is 11.2. The molecule has 1 aliphatic rings. The van der Waals surface area contributed by atoms with Gasteiger partial charge in [0.2, 0.25) is 0 Å². The fraction of sp³-hybridized carbons (Fsp3) is 0.316. The van der Waals surface area contributed by atoms with Crippen LogP contribution in [0.2, 0.25) is 0 Å². The van der Waals surface area contributed by atoms with E-state index in [4.69, 9.17) is 4.74 Å². The highest BCUT2D eigenvalue weighted by molar-refractivity contribution is 7.91. The maximum atomic E-state index is 13.1. The number of fused-ring (bicyclic) bond motifs is 1. The summed E-state index contributed by atoms with van der Waals surface area (Å²) < 4.78 is 33.9. The first-order valence-electron chi connectivity index (χ1n) is 9.71. The number of sulfonamides is 1. The smallest absolute Gasteiger partial charge is 0.325 e. The number of thiophene rings is 1. The predicted molar refractivity (Wildman–Crippen MR) is 120 cm³/mol. The summed E-state index contributed by atoms with van der Waals surface area (Å²) in [6.07, 6.45) is 0.831. The van der Waals surface area contributed by atoms with Gasteiger partial charge in [-0.3, -0.25) is 19.7 Å². The molecule has 0 aliphatic carbocycles. The van der Waals surface area contributed by atoms with Crippen molar-refractivity contribution in [2.45, 2.75) is 29.6 Å². The zero-order valence-corrected chi connectivity index (χ0v) is 19.7. The van der Waals surface area contributed by atoms with E-state index in [-0.39, 0.29) is 27.8 Å². The number of ether oxygens (including phenoxy) is 1. The Morgan fingerprint density at radius 2 is 2.12 bits per heavy atom. The van der Waals surface area contributed by atoms with E-state index in [1.807, 2.05) is 0 Å². The highest BCUT2D eigenvalue weighted by atomic mass is 32.2. The van der Waals surface area contributed by atoms with Gasteiger partial charge in [0.1, 0.15) is 16.8 Å². The second-order valence-electron chi connectivity index (χ2n) is 7.11. The average Bonchev–Trinajstić information content (AvgIpc) is 3.54. The number of methoxy groups -OCH3 is 1. The molecule has 1 saturated heterocycles. The van der Waals surface area contributed by atoms with Gasteiger partial charge in [-0.05, 0) is 30.4 Å². The standard InChI is InChI=1S/C19H18N4O7S3/c1-30-16(24)11-21-14-10-12(23(26)27)6-7-15(14)32-19(21)20-18(25)13-4-2-8-22(13)33(28,29)17-5-3-9-31-17/h3,5-7,9-10,13H,2,4,8,11H2,1H3. The fourth-order valence-corrected chi connectivity index (χ4v) is 7.36. The zero-order chi connectivity index (χ0) is 23.8. The van der Waals surface area contributed by atoms with Gasteiger partial charge in [0.05, 0.1) is 22.2 Å². The van der Waals surface area contributed by atoms with E-state index in [2.05, 4.69) is 4.99 Å². The maximum absolute atomic E-state index is 13.1. The number of carbonyl (C=O) groups excluding carboxylic acids is 2. The molecule has 1 fully saturated rings. The van der Waals surface area contributed by atoms with E-state index in [9.17, 15) is 28.1 Å². The van der Waals surface area contributed by atoms with Crippen LogP contribution < -0.4 is 4.80 Å². The molecule has 1 aromatic carbocycles. The third-order valence-electron chi connectivity index (χ3n) is 5.14. The number of thiazole rings is 1. The molecule has 33 heavy (non-hydrogen) atoms. The molecular weight excluding hydrogens is 492 g/mol. The third kappa shape index (κ3) is 4.46. The van der Waals surface area contributed by atoms with Crippen molar-refractivity contribution in [2.75, 3.05) is 13.7 Å². The molecule has 0 bridgehead atoms. The number of nitro benzene ring substituents is 1. The highest BCUT2D eigenvalue weighted by Gasteiger charge is 2.40. The first-order valence-corrected chi connectivity index (χ1v) is 12.8. The van der Waals surface area contributed by atoms with Crippen LogP contribution in [-0.4, -0.2) is 53.8 Å². The highest BCUT2D eigenvalue weighted by Crippen LogP contribution is 2.29. The molecule has 1 amide bonds. The van der Waals surface area contributed by atoms with Crippen LogP contribution in [0.1, 0.15) is 12.8 Å². The van der Waals surface area contributed by atoms with Gasteiger partial charge in [0, 0.05) is 18.7 Å². The minimum atomic E-state index is -3.84. The van der Waals surface area contributed by atoms with Gasteiger partial charge >= 0.3 is 5.97 Å². The number of amides is 1. The average molecular weight is 511 g/mol. The molecule has 1 aliphatic heterocycles. The molecule has 0 spiro atoms. The summed E-state index contributed by atoms with van der Waals surface area (Å²) >= 11 is 2.14. The number of benzene rings is 1. The van der Waals surface area contributed by atoms with Crippen molar-refractivity contribution >= 4 is 60.5 Å². The van der Waals surface area contributed by atoms with Gasteiger partial charge in [0.25, 0.3) is 21.6 Å². The van der Waals surface area contributed by atoms with Crippen LogP contribution in [0.25, 0.3) is 10.2 Å². The Labute approximate surface area is 195 Å². The molecule has 0 N–H and O–H groups in total. The lowest BCUT2D eigenvalue weighted by Crippen LogP contribution is -2.40. The number of rotatable bonds is 6. The van der Waals surface area contributed by atoms with Crippen LogP contribution in [0.15, 0.2) is 44.9 Å². The molecule has 11 nitrogen and oxygen atoms in total.